The van der Waals surface area contributed by atoms with Crippen molar-refractivity contribution >= 4 is 39.3 Å². The van der Waals surface area contributed by atoms with Crippen molar-refractivity contribution in [3.8, 4) is 0 Å². The van der Waals surface area contributed by atoms with Crippen LogP contribution in [0.25, 0.3) is 0 Å². The average Bonchev–Trinajstić information content (AvgIpc) is 2.62. The first-order valence-electron chi connectivity index (χ1n) is 7.47. The van der Waals surface area contributed by atoms with Gasteiger partial charge in [-0.05, 0) is 48.5 Å². The Hall–Kier alpha value is -2.24. The molecule has 0 saturated carbocycles. The van der Waals surface area contributed by atoms with E-state index in [2.05, 4.69) is 20.9 Å². The Bertz CT molecular complexity index is 867. The summed E-state index contributed by atoms with van der Waals surface area (Å²) in [6.07, 6.45) is 1.58. The number of carbonyl (C=O) groups excluding carboxylic acids is 1. The molecule has 2 aromatic carbocycles. The zero-order valence-electron chi connectivity index (χ0n) is 13.0. The van der Waals surface area contributed by atoms with Gasteiger partial charge in [0.15, 0.2) is 0 Å². The van der Waals surface area contributed by atoms with E-state index in [1.54, 1.807) is 54.7 Å². The quantitative estimate of drug-likeness (QED) is 0.561. The van der Waals surface area contributed by atoms with Gasteiger partial charge in [-0.15, -0.1) is 0 Å². The number of carbonyl (C=O) groups is 1. The van der Waals surface area contributed by atoms with Crippen LogP contribution in [0.2, 0.25) is 5.02 Å². The summed E-state index contributed by atoms with van der Waals surface area (Å²) in [6, 6.07) is 16.6. The van der Waals surface area contributed by atoms with Crippen LogP contribution in [0.3, 0.4) is 0 Å². The molecule has 1 amide bonds. The molecule has 3 nitrogen and oxygen atoms in total. The van der Waals surface area contributed by atoms with Crippen LogP contribution in [0.4, 0.5) is 10.2 Å². The first-order valence-corrected chi connectivity index (χ1v) is 8.64. The summed E-state index contributed by atoms with van der Waals surface area (Å²) in [4.78, 5) is 18.6. The topological polar surface area (TPSA) is 33.2 Å². The van der Waals surface area contributed by atoms with Crippen LogP contribution in [-0.4, -0.2) is 10.9 Å². The maximum Gasteiger partial charge on any atom is 0.259 e. The third-order valence-electron chi connectivity index (χ3n) is 3.64. The van der Waals surface area contributed by atoms with Crippen LogP contribution >= 0.6 is 27.5 Å². The molecule has 0 aliphatic heterocycles. The highest BCUT2D eigenvalue weighted by Gasteiger charge is 2.21. The van der Waals surface area contributed by atoms with E-state index >= 15 is 0 Å². The second kappa shape index (κ2) is 7.76. The van der Waals surface area contributed by atoms with Gasteiger partial charge in [0.2, 0.25) is 0 Å². The van der Waals surface area contributed by atoms with Gasteiger partial charge in [-0.3, -0.25) is 9.69 Å². The molecule has 0 fully saturated rings. The Labute approximate surface area is 158 Å². The number of halogens is 3. The number of aromatic nitrogens is 1. The fraction of sp³-hybridized carbons (Fsp3) is 0.0526. The predicted octanol–water partition coefficient (Wildman–Crippen LogP) is 5.48. The van der Waals surface area contributed by atoms with Crippen molar-refractivity contribution in [2.75, 3.05) is 4.90 Å². The molecule has 0 aliphatic rings. The van der Waals surface area contributed by atoms with E-state index in [1.165, 1.54) is 17.0 Å². The molecule has 0 spiro atoms. The fourth-order valence-electron chi connectivity index (χ4n) is 2.36. The molecular weight excluding hydrogens is 407 g/mol. The van der Waals surface area contributed by atoms with Gasteiger partial charge in [0.05, 0.1) is 6.54 Å². The van der Waals surface area contributed by atoms with E-state index in [4.69, 9.17) is 11.6 Å². The summed E-state index contributed by atoms with van der Waals surface area (Å²) in [5.41, 5.74) is 0.724. The van der Waals surface area contributed by atoms with Gasteiger partial charge in [0.1, 0.15) is 11.6 Å². The Morgan fingerprint density at radius 2 is 1.84 bits per heavy atom. The maximum absolute atomic E-state index is 14.2. The third kappa shape index (κ3) is 4.06. The lowest BCUT2D eigenvalue weighted by Gasteiger charge is -2.23. The van der Waals surface area contributed by atoms with E-state index < -0.39 is 5.82 Å². The number of anilines is 1. The number of benzene rings is 2. The molecule has 25 heavy (non-hydrogen) atoms. The van der Waals surface area contributed by atoms with Gasteiger partial charge < -0.3 is 0 Å². The Morgan fingerprint density at radius 3 is 2.48 bits per heavy atom. The highest BCUT2D eigenvalue weighted by Crippen LogP contribution is 2.25. The monoisotopic (exact) mass is 418 g/mol. The van der Waals surface area contributed by atoms with Gasteiger partial charge >= 0.3 is 0 Å². The summed E-state index contributed by atoms with van der Waals surface area (Å²) >= 11 is 9.47. The van der Waals surface area contributed by atoms with Crippen LogP contribution in [0.5, 0.6) is 0 Å². The second-order valence-electron chi connectivity index (χ2n) is 5.29. The predicted molar refractivity (Wildman–Crippen MR) is 100 cm³/mol. The summed E-state index contributed by atoms with van der Waals surface area (Å²) in [7, 11) is 0. The molecule has 0 aliphatic carbocycles. The lowest BCUT2D eigenvalue weighted by molar-refractivity contribution is 0.0984. The van der Waals surface area contributed by atoms with E-state index in [1.807, 2.05) is 0 Å². The molecule has 1 aromatic heterocycles. The number of hydrogen-bond acceptors (Lipinski definition) is 2. The van der Waals surface area contributed by atoms with E-state index in [0.717, 1.165) is 4.47 Å². The second-order valence-corrected chi connectivity index (χ2v) is 6.61. The zero-order valence-corrected chi connectivity index (χ0v) is 15.3. The largest absolute Gasteiger partial charge is 0.288 e. The minimum Gasteiger partial charge on any atom is -0.288 e. The zero-order chi connectivity index (χ0) is 17.8. The first-order chi connectivity index (χ1) is 12.1. The molecule has 0 bridgehead atoms. The molecule has 1 heterocycles. The average molecular weight is 420 g/mol. The lowest BCUT2D eigenvalue weighted by atomic mass is 10.1. The summed E-state index contributed by atoms with van der Waals surface area (Å²) in [6.45, 7) is -0.0165. The van der Waals surface area contributed by atoms with Crippen LogP contribution < -0.4 is 4.90 Å². The Morgan fingerprint density at radius 1 is 1.08 bits per heavy atom. The maximum atomic E-state index is 14.2. The van der Waals surface area contributed by atoms with Gasteiger partial charge in [0.25, 0.3) is 5.91 Å². The van der Waals surface area contributed by atoms with Crippen LogP contribution in [0, 0.1) is 5.82 Å². The van der Waals surface area contributed by atoms with Gasteiger partial charge in [0, 0.05) is 26.8 Å². The first kappa shape index (κ1) is 17.6. The normalized spacial score (nSPS) is 10.5. The van der Waals surface area contributed by atoms with Crippen molar-refractivity contribution in [1.29, 1.82) is 0 Å². The molecule has 6 heteroatoms. The van der Waals surface area contributed by atoms with Crippen molar-refractivity contribution in [3.63, 3.8) is 0 Å². The minimum atomic E-state index is -0.461. The Balaban J connectivity index is 2.01. The summed E-state index contributed by atoms with van der Waals surface area (Å²) in [5, 5.41) is 0.268. The fourth-order valence-corrected chi connectivity index (χ4v) is 2.85. The minimum absolute atomic E-state index is 0.0165. The number of pyridine rings is 1. The number of amides is 1. The molecule has 0 unspecified atom stereocenters. The van der Waals surface area contributed by atoms with Crippen molar-refractivity contribution in [2.45, 2.75) is 6.54 Å². The Kier molecular flexibility index (Phi) is 5.46. The van der Waals surface area contributed by atoms with Crippen molar-refractivity contribution in [3.05, 3.63) is 93.3 Å². The summed E-state index contributed by atoms with van der Waals surface area (Å²) < 4.78 is 15.1. The van der Waals surface area contributed by atoms with Crippen LogP contribution in [0.1, 0.15) is 15.9 Å². The van der Waals surface area contributed by atoms with Gasteiger partial charge in [-0.2, -0.15) is 0 Å². The third-order valence-corrected chi connectivity index (χ3v) is 4.52. The molecule has 0 radical (unpaired) electrons. The van der Waals surface area contributed by atoms with E-state index in [9.17, 15) is 9.18 Å². The molecule has 3 aromatic rings. The highest BCUT2D eigenvalue weighted by atomic mass is 79.9. The molecule has 3 rings (SSSR count). The molecule has 0 saturated heterocycles. The molecule has 0 N–H and O–H groups in total. The number of nitrogens with zero attached hydrogens (tertiary/aromatic N) is 2. The van der Waals surface area contributed by atoms with Crippen molar-refractivity contribution in [2.24, 2.45) is 0 Å². The summed E-state index contributed by atoms with van der Waals surface area (Å²) in [5.74, 6) is -0.322. The van der Waals surface area contributed by atoms with E-state index in [-0.39, 0.29) is 23.0 Å². The van der Waals surface area contributed by atoms with Crippen LogP contribution in [0.15, 0.2) is 71.3 Å². The van der Waals surface area contributed by atoms with E-state index in [0.29, 0.717) is 11.4 Å². The molecule has 0 atom stereocenters. The smallest absolute Gasteiger partial charge is 0.259 e. The molecule has 126 valence electrons. The number of hydrogen-bond donors (Lipinski definition) is 0. The SMILES string of the molecule is O=C(c1ccc(Br)cc1)N(Cc1c(F)cccc1Cl)c1ccccn1. The van der Waals surface area contributed by atoms with Crippen LogP contribution in [-0.2, 0) is 6.54 Å². The number of rotatable bonds is 4. The highest BCUT2D eigenvalue weighted by molar-refractivity contribution is 9.10. The van der Waals surface area contributed by atoms with Gasteiger partial charge in [-0.1, -0.05) is 39.7 Å². The molecular formula is C19H13BrClFN2O. The van der Waals surface area contributed by atoms with Gasteiger partial charge in [-0.25, -0.2) is 9.37 Å². The lowest BCUT2D eigenvalue weighted by Crippen LogP contribution is -2.31. The van der Waals surface area contributed by atoms with Crippen molar-refractivity contribution < 1.29 is 9.18 Å². The standard InChI is InChI=1S/C19H13BrClFN2O/c20-14-9-7-13(8-10-14)19(25)24(18-6-1-2-11-23-18)12-15-16(21)4-3-5-17(15)22/h1-11H,12H2. The van der Waals surface area contributed by atoms with Crippen molar-refractivity contribution in [1.82, 2.24) is 4.98 Å².